The quantitative estimate of drug-likeness (QED) is 0.674. The SMILES string of the molecule is COc1ccc(-c2cnn3c2NC(=O)CC3C(=O)Nc2cccc(F)c2)cc1OC. The fourth-order valence-corrected chi connectivity index (χ4v) is 3.38. The standard InChI is InChI=1S/C21H19FN4O4/c1-29-17-7-6-12(8-18(17)30-2)15-11-23-26-16(10-19(27)25-20(15)26)21(28)24-14-5-3-4-13(22)9-14/h3-9,11,16H,10H2,1-2H3,(H,24,28)(H,25,27). The van der Waals surface area contributed by atoms with Crippen LogP contribution in [0.1, 0.15) is 12.5 Å². The first-order valence-electron chi connectivity index (χ1n) is 9.16. The van der Waals surface area contributed by atoms with Gasteiger partial charge in [0, 0.05) is 11.3 Å². The third-order valence-corrected chi connectivity index (χ3v) is 4.82. The molecule has 0 bridgehead atoms. The van der Waals surface area contributed by atoms with E-state index >= 15 is 0 Å². The number of anilines is 2. The Balaban J connectivity index is 1.67. The van der Waals surface area contributed by atoms with E-state index in [9.17, 15) is 14.0 Å². The van der Waals surface area contributed by atoms with Gasteiger partial charge >= 0.3 is 0 Å². The fraction of sp³-hybridized carbons (Fsp3) is 0.190. The number of ether oxygens (including phenoxy) is 2. The molecule has 0 radical (unpaired) electrons. The molecular weight excluding hydrogens is 391 g/mol. The van der Waals surface area contributed by atoms with Gasteiger partial charge in [-0.15, -0.1) is 0 Å². The highest BCUT2D eigenvalue weighted by Crippen LogP contribution is 2.38. The lowest BCUT2D eigenvalue weighted by Gasteiger charge is -2.24. The first kappa shape index (κ1) is 19.4. The molecule has 154 valence electrons. The molecule has 2 N–H and O–H groups in total. The summed E-state index contributed by atoms with van der Waals surface area (Å²) in [5, 5.41) is 9.74. The van der Waals surface area contributed by atoms with Crippen molar-refractivity contribution in [2.45, 2.75) is 12.5 Å². The zero-order chi connectivity index (χ0) is 21.3. The number of rotatable bonds is 5. The van der Waals surface area contributed by atoms with Gasteiger partial charge in [-0.1, -0.05) is 12.1 Å². The van der Waals surface area contributed by atoms with Crippen LogP contribution in [0.3, 0.4) is 0 Å². The summed E-state index contributed by atoms with van der Waals surface area (Å²) in [5.41, 5.74) is 1.67. The van der Waals surface area contributed by atoms with Crippen LogP contribution in [0.25, 0.3) is 11.1 Å². The van der Waals surface area contributed by atoms with E-state index in [1.54, 1.807) is 31.5 Å². The molecule has 2 heterocycles. The van der Waals surface area contributed by atoms with Crippen molar-refractivity contribution in [3.63, 3.8) is 0 Å². The Labute approximate surface area is 171 Å². The van der Waals surface area contributed by atoms with Crippen LogP contribution < -0.4 is 20.1 Å². The monoisotopic (exact) mass is 410 g/mol. The Morgan fingerprint density at radius 3 is 2.73 bits per heavy atom. The summed E-state index contributed by atoms with van der Waals surface area (Å²) in [4.78, 5) is 25.1. The maximum atomic E-state index is 13.4. The molecule has 0 spiro atoms. The van der Waals surface area contributed by atoms with E-state index in [4.69, 9.17) is 9.47 Å². The van der Waals surface area contributed by atoms with Gasteiger partial charge in [-0.25, -0.2) is 9.07 Å². The Kier molecular flexibility index (Phi) is 5.09. The summed E-state index contributed by atoms with van der Waals surface area (Å²) in [6.45, 7) is 0. The van der Waals surface area contributed by atoms with Crippen molar-refractivity contribution in [3.05, 3.63) is 54.5 Å². The molecule has 0 saturated carbocycles. The number of nitrogens with zero attached hydrogens (tertiary/aromatic N) is 2. The van der Waals surface area contributed by atoms with Crippen LogP contribution in [0.15, 0.2) is 48.7 Å². The van der Waals surface area contributed by atoms with Gasteiger partial charge in [-0.2, -0.15) is 5.10 Å². The number of benzene rings is 2. The van der Waals surface area contributed by atoms with Crippen molar-refractivity contribution in [1.29, 1.82) is 0 Å². The van der Waals surface area contributed by atoms with Gasteiger partial charge in [0.15, 0.2) is 11.5 Å². The van der Waals surface area contributed by atoms with Crippen LogP contribution in [-0.2, 0) is 9.59 Å². The van der Waals surface area contributed by atoms with E-state index in [-0.39, 0.29) is 12.3 Å². The highest BCUT2D eigenvalue weighted by atomic mass is 19.1. The minimum atomic E-state index is -0.870. The Bertz CT molecular complexity index is 1130. The lowest BCUT2D eigenvalue weighted by Crippen LogP contribution is -2.35. The van der Waals surface area contributed by atoms with Gasteiger partial charge in [0.25, 0.3) is 0 Å². The van der Waals surface area contributed by atoms with E-state index < -0.39 is 17.8 Å². The summed E-state index contributed by atoms with van der Waals surface area (Å²) in [6, 6.07) is 10.0. The second kappa shape index (κ2) is 7.86. The molecule has 1 unspecified atom stereocenters. The van der Waals surface area contributed by atoms with E-state index in [1.807, 2.05) is 6.07 Å². The van der Waals surface area contributed by atoms with Gasteiger partial charge in [-0.05, 0) is 35.9 Å². The van der Waals surface area contributed by atoms with Gasteiger partial charge < -0.3 is 20.1 Å². The van der Waals surface area contributed by atoms with E-state index in [1.165, 1.54) is 30.0 Å². The number of nitrogens with one attached hydrogen (secondary N) is 2. The minimum Gasteiger partial charge on any atom is -0.493 e. The lowest BCUT2D eigenvalue weighted by molar-refractivity contribution is -0.125. The zero-order valence-electron chi connectivity index (χ0n) is 16.3. The molecular formula is C21H19FN4O4. The number of hydrogen-bond acceptors (Lipinski definition) is 5. The van der Waals surface area contributed by atoms with Crippen LogP contribution in [0, 0.1) is 5.82 Å². The third kappa shape index (κ3) is 3.57. The number of hydrogen-bond donors (Lipinski definition) is 2. The van der Waals surface area contributed by atoms with Crippen molar-refractivity contribution in [2.24, 2.45) is 0 Å². The summed E-state index contributed by atoms with van der Waals surface area (Å²) < 4.78 is 25.5. The second-order valence-electron chi connectivity index (χ2n) is 6.69. The van der Waals surface area contributed by atoms with Gasteiger partial charge in [0.1, 0.15) is 17.7 Å². The molecule has 1 aliphatic rings. The van der Waals surface area contributed by atoms with E-state index in [0.29, 0.717) is 28.6 Å². The van der Waals surface area contributed by atoms with Crippen molar-refractivity contribution in [1.82, 2.24) is 9.78 Å². The summed E-state index contributed by atoms with van der Waals surface area (Å²) in [7, 11) is 3.07. The van der Waals surface area contributed by atoms with Crippen molar-refractivity contribution in [3.8, 4) is 22.6 Å². The average Bonchev–Trinajstić information content (AvgIpc) is 3.16. The number of halogens is 1. The normalized spacial score (nSPS) is 15.2. The number of carbonyl (C=O) groups is 2. The Morgan fingerprint density at radius 1 is 1.20 bits per heavy atom. The largest absolute Gasteiger partial charge is 0.493 e. The first-order chi connectivity index (χ1) is 14.5. The number of amides is 2. The molecule has 0 aliphatic carbocycles. The molecule has 8 nitrogen and oxygen atoms in total. The molecule has 0 saturated heterocycles. The van der Waals surface area contributed by atoms with Crippen LogP contribution >= 0.6 is 0 Å². The average molecular weight is 410 g/mol. The highest BCUT2D eigenvalue weighted by molar-refractivity contribution is 6.03. The van der Waals surface area contributed by atoms with Gasteiger partial charge in [0.05, 0.1) is 26.8 Å². The topological polar surface area (TPSA) is 94.5 Å². The number of carbonyl (C=O) groups excluding carboxylic acids is 2. The molecule has 1 aliphatic heterocycles. The zero-order valence-corrected chi connectivity index (χ0v) is 16.3. The maximum Gasteiger partial charge on any atom is 0.249 e. The predicted octanol–water partition coefficient (Wildman–Crippen LogP) is 3.23. The molecule has 0 fully saturated rings. The van der Waals surface area contributed by atoms with E-state index in [2.05, 4.69) is 15.7 Å². The van der Waals surface area contributed by atoms with Crippen LogP contribution in [0.2, 0.25) is 0 Å². The molecule has 30 heavy (non-hydrogen) atoms. The van der Waals surface area contributed by atoms with Gasteiger partial charge in [0.2, 0.25) is 11.8 Å². The fourth-order valence-electron chi connectivity index (χ4n) is 3.38. The molecule has 9 heteroatoms. The minimum absolute atomic E-state index is 0.0821. The summed E-state index contributed by atoms with van der Waals surface area (Å²) >= 11 is 0. The van der Waals surface area contributed by atoms with E-state index in [0.717, 1.165) is 5.56 Å². The summed E-state index contributed by atoms with van der Waals surface area (Å²) in [5.74, 6) is 0.251. The number of fused-ring (bicyclic) bond motifs is 1. The predicted molar refractivity (Wildman–Crippen MR) is 108 cm³/mol. The highest BCUT2D eigenvalue weighted by Gasteiger charge is 2.33. The first-order valence-corrected chi connectivity index (χ1v) is 9.16. The lowest BCUT2D eigenvalue weighted by atomic mass is 10.1. The van der Waals surface area contributed by atoms with Crippen molar-refractivity contribution >= 4 is 23.3 Å². The van der Waals surface area contributed by atoms with Crippen LogP contribution in [0.5, 0.6) is 11.5 Å². The van der Waals surface area contributed by atoms with Crippen LogP contribution in [0.4, 0.5) is 15.9 Å². The smallest absolute Gasteiger partial charge is 0.249 e. The molecule has 2 aromatic carbocycles. The maximum absolute atomic E-state index is 13.4. The second-order valence-corrected chi connectivity index (χ2v) is 6.69. The van der Waals surface area contributed by atoms with Gasteiger partial charge in [-0.3, -0.25) is 9.59 Å². The molecule has 2 amide bonds. The molecule has 3 aromatic rings. The Morgan fingerprint density at radius 2 is 2.00 bits per heavy atom. The number of aromatic nitrogens is 2. The Hall–Kier alpha value is -3.88. The van der Waals surface area contributed by atoms with Crippen LogP contribution in [-0.4, -0.2) is 35.8 Å². The third-order valence-electron chi connectivity index (χ3n) is 4.82. The molecule has 1 aromatic heterocycles. The van der Waals surface area contributed by atoms with Crippen molar-refractivity contribution < 1.29 is 23.5 Å². The molecule has 4 rings (SSSR count). The summed E-state index contributed by atoms with van der Waals surface area (Å²) in [6.07, 6.45) is 1.49. The number of methoxy groups -OCH3 is 2. The van der Waals surface area contributed by atoms with Crippen molar-refractivity contribution in [2.75, 3.05) is 24.9 Å². The molecule has 1 atom stereocenters.